The number of alkyl halides is 1. The van der Waals surface area contributed by atoms with E-state index in [4.69, 9.17) is 18.0 Å². The van der Waals surface area contributed by atoms with E-state index in [2.05, 4.69) is 22.6 Å². The molecule has 0 spiro atoms. The molecule has 0 bridgehead atoms. The Hall–Kier alpha value is 1.26. The van der Waals surface area contributed by atoms with Crippen LogP contribution in [0.3, 0.4) is 0 Å². The molecule has 0 radical (unpaired) electrons. The fourth-order valence-corrected chi connectivity index (χ4v) is 2.15. The van der Waals surface area contributed by atoms with E-state index < -0.39 is 18.3 Å². The van der Waals surface area contributed by atoms with Gasteiger partial charge in [0.1, 0.15) is 35.2 Å². The maximum atomic E-state index is 9.58. The van der Waals surface area contributed by atoms with Crippen molar-refractivity contribution in [2.24, 2.45) is 0 Å². The molecule has 16 heavy (non-hydrogen) atoms. The third-order valence-electron chi connectivity index (χ3n) is 2.19. The van der Waals surface area contributed by atoms with Crippen molar-refractivity contribution in [3.8, 4) is 0 Å². The average Bonchev–Trinajstić information content (AvgIpc) is 2.28. The van der Waals surface area contributed by atoms with Crippen LogP contribution in [0.15, 0.2) is 0 Å². The number of ether oxygens (including phenoxy) is 1. The first-order valence-electron chi connectivity index (χ1n) is 4.94. The molecule has 7 heteroatoms. The third kappa shape index (κ3) is 5.74. The fourth-order valence-electron chi connectivity index (χ4n) is 1.17. The molecule has 0 amide bonds. The van der Waals surface area contributed by atoms with Gasteiger partial charge in [0.2, 0.25) is 0 Å². The van der Waals surface area contributed by atoms with Crippen LogP contribution in [0.4, 0.5) is 0 Å². The van der Waals surface area contributed by atoms with Crippen LogP contribution in [0.2, 0.25) is 0 Å². The van der Waals surface area contributed by atoms with Gasteiger partial charge < -0.3 is 23.1 Å². The van der Waals surface area contributed by atoms with Gasteiger partial charge in [0.25, 0.3) is 0 Å². The van der Waals surface area contributed by atoms with Crippen molar-refractivity contribution >= 4 is 45.6 Å². The van der Waals surface area contributed by atoms with E-state index in [-0.39, 0.29) is 23.2 Å². The topological polar surface area (TPSA) is 79.2 Å². The standard InChI is InChI=1S/C9H18I2O5/c1-5(10)9(7(14)3-12)15-8(4-13)6(2)16-11/h5-9,12-14H,3-4H2,1-2H3. The molecule has 0 aliphatic heterocycles. The van der Waals surface area contributed by atoms with Crippen LogP contribution in [-0.2, 0) is 7.80 Å². The smallest absolute Gasteiger partial charge is 0.110 e. The van der Waals surface area contributed by atoms with Gasteiger partial charge in [0.15, 0.2) is 0 Å². The Balaban J connectivity index is 4.46. The van der Waals surface area contributed by atoms with Crippen molar-refractivity contribution < 1.29 is 23.1 Å². The minimum atomic E-state index is -0.956. The summed E-state index contributed by atoms with van der Waals surface area (Å²) in [6, 6.07) is 0. The number of aliphatic hydroxyl groups is 3. The summed E-state index contributed by atoms with van der Waals surface area (Å²) in [6.07, 6.45) is -2.28. The minimum absolute atomic E-state index is 0.00945. The second-order valence-corrected chi connectivity index (χ2v) is 6.02. The summed E-state index contributed by atoms with van der Waals surface area (Å²) < 4.78 is 10.6. The Morgan fingerprint density at radius 3 is 2.06 bits per heavy atom. The van der Waals surface area contributed by atoms with E-state index in [0.717, 1.165) is 0 Å². The third-order valence-corrected chi connectivity index (χ3v) is 3.71. The monoisotopic (exact) mass is 460 g/mol. The maximum absolute atomic E-state index is 9.58. The molecule has 0 aromatic carbocycles. The molecule has 0 saturated carbocycles. The van der Waals surface area contributed by atoms with Gasteiger partial charge in [-0.2, -0.15) is 0 Å². The number of rotatable bonds is 8. The molecule has 0 aromatic rings. The van der Waals surface area contributed by atoms with Gasteiger partial charge in [-0.05, 0) is 6.92 Å². The second-order valence-electron chi connectivity index (χ2n) is 3.54. The molecule has 0 fully saturated rings. The van der Waals surface area contributed by atoms with Crippen LogP contribution in [0, 0.1) is 0 Å². The molecule has 5 nitrogen and oxygen atoms in total. The van der Waals surface area contributed by atoms with Gasteiger partial charge in [-0.3, -0.25) is 0 Å². The molecule has 0 aliphatic carbocycles. The molecule has 5 unspecified atom stereocenters. The van der Waals surface area contributed by atoms with E-state index in [1.54, 1.807) is 29.9 Å². The highest BCUT2D eigenvalue weighted by Crippen LogP contribution is 2.18. The number of hydrogen-bond donors (Lipinski definition) is 3. The predicted molar refractivity (Wildman–Crippen MR) is 76.9 cm³/mol. The summed E-state index contributed by atoms with van der Waals surface area (Å²) in [4.78, 5) is 0. The van der Waals surface area contributed by atoms with Gasteiger partial charge in [-0.15, -0.1) is 0 Å². The summed E-state index contributed by atoms with van der Waals surface area (Å²) in [5.74, 6) is 0. The first kappa shape index (κ1) is 17.3. The van der Waals surface area contributed by atoms with E-state index in [1.807, 2.05) is 6.92 Å². The Morgan fingerprint density at radius 2 is 1.75 bits per heavy atom. The second kappa shape index (κ2) is 9.22. The molecular formula is C9H18I2O5. The van der Waals surface area contributed by atoms with Crippen molar-refractivity contribution in [1.82, 2.24) is 0 Å². The molecule has 3 N–H and O–H groups in total. The first-order chi connectivity index (χ1) is 7.47. The van der Waals surface area contributed by atoms with Crippen LogP contribution >= 0.6 is 45.6 Å². The Kier molecular flexibility index (Phi) is 9.95. The predicted octanol–water partition coefficient (Wildman–Crippen LogP) is 0.664. The molecule has 5 atom stereocenters. The molecule has 98 valence electrons. The molecule has 0 rings (SSSR count). The lowest BCUT2D eigenvalue weighted by atomic mass is 10.1. The lowest BCUT2D eigenvalue weighted by Gasteiger charge is -2.30. The minimum Gasteiger partial charge on any atom is -0.394 e. The van der Waals surface area contributed by atoms with Gasteiger partial charge >= 0.3 is 0 Å². The summed E-state index contributed by atoms with van der Waals surface area (Å²) in [6.45, 7) is 3.08. The Morgan fingerprint density at radius 1 is 1.19 bits per heavy atom. The van der Waals surface area contributed by atoms with E-state index in [0.29, 0.717) is 0 Å². The molecule has 0 aliphatic rings. The number of hydrogen-bond acceptors (Lipinski definition) is 5. The van der Waals surface area contributed by atoms with Crippen molar-refractivity contribution in [2.75, 3.05) is 13.2 Å². The molecular weight excluding hydrogens is 442 g/mol. The highest BCUT2D eigenvalue weighted by molar-refractivity contribution is 14.1. The van der Waals surface area contributed by atoms with E-state index in [9.17, 15) is 5.11 Å². The molecule has 0 saturated heterocycles. The SMILES string of the molecule is CC(I)C(OC(CO)C(C)OI)C(O)CO. The van der Waals surface area contributed by atoms with Crippen molar-refractivity contribution in [3.63, 3.8) is 0 Å². The first-order valence-corrected chi connectivity index (χ1v) is 7.07. The van der Waals surface area contributed by atoms with Crippen LogP contribution < -0.4 is 0 Å². The number of halogens is 2. The highest BCUT2D eigenvalue weighted by Gasteiger charge is 2.29. The average molecular weight is 460 g/mol. The summed E-state index contributed by atoms with van der Waals surface area (Å²) in [5, 5.41) is 27.6. The zero-order chi connectivity index (χ0) is 12.7. The lowest BCUT2D eigenvalue weighted by molar-refractivity contribution is -0.122. The van der Waals surface area contributed by atoms with Gasteiger partial charge in [-0.1, -0.05) is 29.5 Å². The van der Waals surface area contributed by atoms with E-state index >= 15 is 0 Å². The van der Waals surface area contributed by atoms with Crippen molar-refractivity contribution in [1.29, 1.82) is 0 Å². The number of aliphatic hydroxyl groups excluding tert-OH is 3. The van der Waals surface area contributed by atoms with Gasteiger partial charge in [-0.25, -0.2) is 0 Å². The highest BCUT2D eigenvalue weighted by atomic mass is 127. The summed E-state index contributed by atoms with van der Waals surface area (Å²) in [7, 11) is 0. The normalized spacial score (nSPS) is 21.2. The van der Waals surface area contributed by atoms with Crippen LogP contribution in [0.5, 0.6) is 0 Å². The Labute approximate surface area is 123 Å². The quantitative estimate of drug-likeness (QED) is 0.367. The largest absolute Gasteiger partial charge is 0.394 e. The summed E-state index contributed by atoms with van der Waals surface area (Å²) >= 11 is 3.85. The van der Waals surface area contributed by atoms with Crippen molar-refractivity contribution in [2.45, 2.75) is 42.2 Å². The lowest BCUT2D eigenvalue weighted by Crippen LogP contribution is -2.44. The van der Waals surface area contributed by atoms with Gasteiger partial charge in [0.05, 0.1) is 25.4 Å². The zero-order valence-electron chi connectivity index (χ0n) is 9.22. The zero-order valence-corrected chi connectivity index (χ0v) is 13.5. The van der Waals surface area contributed by atoms with Crippen LogP contribution in [0.1, 0.15) is 13.8 Å². The molecule has 0 aromatic heterocycles. The van der Waals surface area contributed by atoms with E-state index in [1.165, 1.54) is 0 Å². The molecule has 0 heterocycles. The summed E-state index contributed by atoms with van der Waals surface area (Å²) in [5.41, 5.74) is 0. The van der Waals surface area contributed by atoms with Gasteiger partial charge in [0, 0.05) is 3.92 Å². The maximum Gasteiger partial charge on any atom is 0.110 e. The fraction of sp³-hybridized carbons (Fsp3) is 1.00. The van der Waals surface area contributed by atoms with Crippen molar-refractivity contribution in [3.05, 3.63) is 0 Å². The Bertz CT molecular complexity index is 181. The van der Waals surface area contributed by atoms with Crippen LogP contribution in [-0.4, -0.2) is 56.9 Å². The van der Waals surface area contributed by atoms with Crippen LogP contribution in [0.25, 0.3) is 0 Å².